The number of nitrogens with one attached hydrogen (secondary N) is 1. The topological polar surface area (TPSA) is 64.3 Å². The SMILES string of the molecule is COc1ccc(N)cc1C(=O)Nc1cc(C)cc(C)c1. The van der Waals surface area contributed by atoms with Crippen molar-refractivity contribution in [2.24, 2.45) is 0 Å². The molecule has 0 aliphatic heterocycles. The van der Waals surface area contributed by atoms with Crippen LogP contribution >= 0.6 is 0 Å². The molecule has 3 N–H and O–H groups in total. The van der Waals surface area contributed by atoms with Gasteiger partial charge < -0.3 is 15.8 Å². The van der Waals surface area contributed by atoms with E-state index in [2.05, 4.69) is 11.4 Å². The maximum atomic E-state index is 12.3. The third-order valence-corrected chi connectivity index (χ3v) is 2.95. The molecule has 0 fully saturated rings. The molecule has 0 aromatic heterocycles. The standard InChI is InChI=1S/C16H18N2O2/c1-10-6-11(2)8-13(7-10)18-16(19)14-9-12(17)4-5-15(14)20-3/h4-9H,17H2,1-3H3,(H,18,19). The first-order valence-electron chi connectivity index (χ1n) is 6.33. The lowest BCUT2D eigenvalue weighted by atomic mass is 10.1. The summed E-state index contributed by atoms with van der Waals surface area (Å²) in [6.07, 6.45) is 0. The van der Waals surface area contributed by atoms with Crippen LogP contribution in [0.3, 0.4) is 0 Å². The fourth-order valence-corrected chi connectivity index (χ4v) is 2.15. The zero-order valence-corrected chi connectivity index (χ0v) is 11.9. The molecule has 2 aromatic carbocycles. The van der Waals surface area contributed by atoms with Gasteiger partial charge in [-0.1, -0.05) is 6.07 Å². The number of carbonyl (C=O) groups is 1. The molecule has 0 heterocycles. The molecule has 1 amide bonds. The summed E-state index contributed by atoms with van der Waals surface area (Å²) < 4.78 is 5.19. The number of nitrogens with two attached hydrogens (primary N) is 1. The number of ether oxygens (including phenoxy) is 1. The van der Waals surface area contributed by atoms with Gasteiger partial charge in [-0.2, -0.15) is 0 Å². The monoisotopic (exact) mass is 270 g/mol. The van der Waals surface area contributed by atoms with Gasteiger partial charge in [-0.05, 0) is 55.3 Å². The Kier molecular flexibility index (Phi) is 3.94. The van der Waals surface area contributed by atoms with Crippen LogP contribution in [0.5, 0.6) is 5.75 Å². The van der Waals surface area contributed by atoms with E-state index in [1.54, 1.807) is 18.2 Å². The van der Waals surface area contributed by atoms with Gasteiger partial charge in [0.05, 0.1) is 12.7 Å². The van der Waals surface area contributed by atoms with Crippen molar-refractivity contribution in [2.45, 2.75) is 13.8 Å². The molecular formula is C16H18N2O2. The quantitative estimate of drug-likeness (QED) is 0.842. The van der Waals surface area contributed by atoms with Crippen LogP contribution in [0, 0.1) is 13.8 Å². The lowest BCUT2D eigenvalue weighted by Crippen LogP contribution is -2.13. The van der Waals surface area contributed by atoms with Crippen LogP contribution in [-0.4, -0.2) is 13.0 Å². The van der Waals surface area contributed by atoms with Gasteiger partial charge in [-0.3, -0.25) is 4.79 Å². The van der Waals surface area contributed by atoms with Crippen LogP contribution in [0.25, 0.3) is 0 Å². The molecule has 0 aliphatic rings. The number of aryl methyl sites for hydroxylation is 2. The van der Waals surface area contributed by atoms with Gasteiger partial charge in [0.1, 0.15) is 5.75 Å². The average molecular weight is 270 g/mol. The van der Waals surface area contributed by atoms with Crippen LogP contribution in [0.15, 0.2) is 36.4 Å². The molecule has 104 valence electrons. The lowest BCUT2D eigenvalue weighted by Gasteiger charge is -2.11. The van der Waals surface area contributed by atoms with Crippen molar-refractivity contribution >= 4 is 17.3 Å². The van der Waals surface area contributed by atoms with Crippen LogP contribution in [0.2, 0.25) is 0 Å². The maximum Gasteiger partial charge on any atom is 0.259 e. The first kappa shape index (κ1) is 13.9. The van der Waals surface area contributed by atoms with Gasteiger partial charge in [-0.15, -0.1) is 0 Å². The van der Waals surface area contributed by atoms with Crippen molar-refractivity contribution < 1.29 is 9.53 Å². The smallest absolute Gasteiger partial charge is 0.259 e. The molecule has 0 bridgehead atoms. The summed E-state index contributed by atoms with van der Waals surface area (Å²) in [5, 5.41) is 2.87. The van der Waals surface area contributed by atoms with Gasteiger partial charge in [0.25, 0.3) is 5.91 Å². The van der Waals surface area contributed by atoms with Crippen molar-refractivity contribution in [2.75, 3.05) is 18.2 Å². The zero-order chi connectivity index (χ0) is 14.7. The van der Waals surface area contributed by atoms with E-state index in [9.17, 15) is 4.79 Å². The molecular weight excluding hydrogens is 252 g/mol. The average Bonchev–Trinajstić information content (AvgIpc) is 2.37. The fourth-order valence-electron chi connectivity index (χ4n) is 2.15. The second-order valence-corrected chi connectivity index (χ2v) is 4.79. The summed E-state index contributed by atoms with van der Waals surface area (Å²) in [4.78, 5) is 12.3. The highest BCUT2D eigenvalue weighted by atomic mass is 16.5. The summed E-state index contributed by atoms with van der Waals surface area (Å²) in [6, 6.07) is 10.9. The zero-order valence-electron chi connectivity index (χ0n) is 11.9. The first-order valence-corrected chi connectivity index (χ1v) is 6.33. The summed E-state index contributed by atoms with van der Waals surface area (Å²) >= 11 is 0. The van der Waals surface area contributed by atoms with Crippen molar-refractivity contribution in [3.8, 4) is 5.75 Å². The van der Waals surface area contributed by atoms with E-state index in [1.165, 1.54) is 7.11 Å². The molecule has 20 heavy (non-hydrogen) atoms. The minimum absolute atomic E-state index is 0.237. The molecule has 4 heteroatoms. The largest absolute Gasteiger partial charge is 0.496 e. The van der Waals surface area contributed by atoms with Crippen LogP contribution in [0.4, 0.5) is 11.4 Å². The van der Waals surface area contributed by atoms with Crippen LogP contribution in [0.1, 0.15) is 21.5 Å². The van der Waals surface area contributed by atoms with E-state index >= 15 is 0 Å². The molecule has 0 saturated heterocycles. The molecule has 0 aliphatic carbocycles. The van der Waals surface area contributed by atoms with Crippen molar-refractivity contribution in [3.05, 3.63) is 53.1 Å². The van der Waals surface area contributed by atoms with E-state index in [-0.39, 0.29) is 5.91 Å². The third-order valence-electron chi connectivity index (χ3n) is 2.95. The number of methoxy groups -OCH3 is 1. The highest BCUT2D eigenvalue weighted by Crippen LogP contribution is 2.23. The van der Waals surface area contributed by atoms with E-state index in [0.29, 0.717) is 17.0 Å². The fraction of sp³-hybridized carbons (Fsp3) is 0.188. The number of hydrogen-bond acceptors (Lipinski definition) is 3. The molecule has 4 nitrogen and oxygen atoms in total. The molecule has 0 saturated carbocycles. The summed E-state index contributed by atoms with van der Waals surface area (Å²) in [7, 11) is 1.53. The summed E-state index contributed by atoms with van der Waals surface area (Å²) in [5.74, 6) is 0.264. The third kappa shape index (κ3) is 3.09. The molecule has 2 rings (SSSR count). The summed E-state index contributed by atoms with van der Waals surface area (Å²) in [5.41, 5.74) is 9.63. The number of amides is 1. The molecule has 0 spiro atoms. The van der Waals surface area contributed by atoms with Crippen molar-refractivity contribution in [1.29, 1.82) is 0 Å². The Morgan fingerprint density at radius 2 is 1.75 bits per heavy atom. The Morgan fingerprint density at radius 1 is 1.10 bits per heavy atom. The number of rotatable bonds is 3. The number of carbonyl (C=O) groups excluding carboxylic acids is 1. The Labute approximate surface area is 118 Å². The molecule has 0 atom stereocenters. The predicted molar refractivity (Wildman–Crippen MR) is 81.3 cm³/mol. The number of anilines is 2. The van der Waals surface area contributed by atoms with E-state index in [4.69, 9.17) is 10.5 Å². The van der Waals surface area contributed by atoms with Gasteiger partial charge in [-0.25, -0.2) is 0 Å². The van der Waals surface area contributed by atoms with E-state index < -0.39 is 0 Å². The highest BCUT2D eigenvalue weighted by Gasteiger charge is 2.13. The maximum absolute atomic E-state index is 12.3. The van der Waals surface area contributed by atoms with E-state index in [1.807, 2.05) is 26.0 Å². The van der Waals surface area contributed by atoms with Gasteiger partial charge in [0.2, 0.25) is 0 Å². The Bertz CT molecular complexity index is 631. The Morgan fingerprint density at radius 3 is 2.35 bits per heavy atom. The predicted octanol–water partition coefficient (Wildman–Crippen LogP) is 3.15. The Hall–Kier alpha value is -2.49. The van der Waals surface area contributed by atoms with Crippen molar-refractivity contribution in [1.82, 2.24) is 0 Å². The van der Waals surface area contributed by atoms with Gasteiger partial charge in [0, 0.05) is 11.4 Å². The molecule has 2 aromatic rings. The van der Waals surface area contributed by atoms with Crippen LogP contribution in [-0.2, 0) is 0 Å². The normalized spacial score (nSPS) is 10.2. The molecule has 0 radical (unpaired) electrons. The van der Waals surface area contributed by atoms with E-state index in [0.717, 1.165) is 16.8 Å². The van der Waals surface area contributed by atoms with Crippen LogP contribution < -0.4 is 15.8 Å². The second-order valence-electron chi connectivity index (χ2n) is 4.79. The highest BCUT2D eigenvalue weighted by molar-refractivity contribution is 6.06. The van der Waals surface area contributed by atoms with Gasteiger partial charge in [0.15, 0.2) is 0 Å². The molecule has 0 unspecified atom stereocenters. The Balaban J connectivity index is 2.30. The second kappa shape index (κ2) is 5.65. The minimum Gasteiger partial charge on any atom is -0.496 e. The first-order chi connectivity index (χ1) is 9.49. The van der Waals surface area contributed by atoms with Gasteiger partial charge >= 0.3 is 0 Å². The minimum atomic E-state index is -0.237. The number of hydrogen-bond donors (Lipinski definition) is 2. The summed E-state index contributed by atoms with van der Waals surface area (Å²) in [6.45, 7) is 3.98. The van der Waals surface area contributed by atoms with Crippen molar-refractivity contribution in [3.63, 3.8) is 0 Å². The number of nitrogen functional groups attached to an aromatic ring is 1. The number of benzene rings is 2. The lowest BCUT2D eigenvalue weighted by molar-refractivity contribution is 0.102.